The van der Waals surface area contributed by atoms with E-state index in [0.717, 1.165) is 79.0 Å². The molecule has 0 spiro atoms. The lowest BCUT2D eigenvalue weighted by Gasteiger charge is -2.11. The van der Waals surface area contributed by atoms with Crippen molar-refractivity contribution < 1.29 is 14.3 Å². The van der Waals surface area contributed by atoms with Crippen LogP contribution in [-0.2, 0) is 17.8 Å². The van der Waals surface area contributed by atoms with Crippen molar-refractivity contribution in [2.75, 3.05) is 19.8 Å². The lowest BCUT2D eigenvalue weighted by molar-refractivity contribution is -0.123. The molecule has 3 aromatic carbocycles. The van der Waals surface area contributed by atoms with Crippen LogP contribution in [0.25, 0.3) is 11.0 Å². The van der Waals surface area contributed by atoms with E-state index in [9.17, 15) is 4.79 Å². The molecule has 0 fully saturated rings. The lowest BCUT2D eigenvalue weighted by Crippen LogP contribution is -2.29. The van der Waals surface area contributed by atoms with Gasteiger partial charge in [-0.3, -0.25) is 4.79 Å². The molecule has 0 bridgehead atoms. The summed E-state index contributed by atoms with van der Waals surface area (Å²) in [6.07, 6.45) is 5.96. The number of imidazole rings is 1. The molecular formula is C33H41N3O3. The van der Waals surface area contributed by atoms with Gasteiger partial charge in [0.05, 0.1) is 17.6 Å². The summed E-state index contributed by atoms with van der Waals surface area (Å²) < 4.78 is 14.1. The minimum atomic E-state index is -0.0795. The maximum atomic E-state index is 12.2. The van der Waals surface area contributed by atoms with Crippen molar-refractivity contribution in [3.05, 3.63) is 89.2 Å². The highest BCUT2D eigenvalue weighted by atomic mass is 16.5. The second kappa shape index (κ2) is 14.4. The van der Waals surface area contributed by atoms with Crippen LogP contribution in [0.2, 0.25) is 0 Å². The first-order valence-electron chi connectivity index (χ1n) is 14.1. The summed E-state index contributed by atoms with van der Waals surface area (Å²) >= 11 is 0. The van der Waals surface area contributed by atoms with E-state index in [1.807, 2.05) is 56.3 Å². The number of carbonyl (C=O) groups excluding carboxylic acids is 1. The third-order valence-electron chi connectivity index (χ3n) is 6.96. The minimum absolute atomic E-state index is 0.0459. The quantitative estimate of drug-likeness (QED) is 0.174. The molecule has 0 saturated carbocycles. The number of benzene rings is 3. The largest absolute Gasteiger partial charge is 0.493 e. The molecule has 6 nitrogen and oxygen atoms in total. The number of nitrogens with zero attached hydrogens (tertiary/aromatic N) is 2. The van der Waals surface area contributed by atoms with Crippen molar-refractivity contribution in [3.63, 3.8) is 0 Å². The van der Waals surface area contributed by atoms with Crippen LogP contribution in [0.3, 0.4) is 0 Å². The highest BCUT2D eigenvalue weighted by molar-refractivity contribution is 5.77. The van der Waals surface area contributed by atoms with Crippen LogP contribution in [-0.4, -0.2) is 35.2 Å². The maximum Gasteiger partial charge on any atom is 0.257 e. The summed E-state index contributed by atoms with van der Waals surface area (Å²) in [7, 11) is 0. The minimum Gasteiger partial charge on any atom is -0.493 e. The summed E-state index contributed by atoms with van der Waals surface area (Å²) in [6.45, 7) is 8.44. The Morgan fingerprint density at radius 3 is 2.49 bits per heavy atom. The number of carbonyl (C=O) groups is 1. The predicted octanol–water partition coefficient (Wildman–Crippen LogP) is 6.73. The number of hydrogen-bond donors (Lipinski definition) is 1. The van der Waals surface area contributed by atoms with E-state index in [1.54, 1.807) is 0 Å². The summed E-state index contributed by atoms with van der Waals surface area (Å²) in [5.41, 5.74) is 5.58. The van der Waals surface area contributed by atoms with Gasteiger partial charge in [0, 0.05) is 19.5 Å². The molecule has 0 saturated heterocycles. The zero-order chi connectivity index (χ0) is 27.5. The molecule has 0 radical (unpaired) electrons. The summed E-state index contributed by atoms with van der Waals surface area (Å²) in [5, 5.41) is 2.98. The van der Waals surface area contributed by atoms with E-state index < -0.39 is 0 Å². The average molecular weight is 528 g/mol. The number of aryl methyl sites for hydroxylation is 5. The molecule has 1 aromatic heterocycles. The number of unbranched alkanes of at least 4 members (excludes halogenated alkanes) is 3. The molecule has 1 heterocycles. The molecule has 1 amide bonds. The Hall–Kier alpha value is -3.80. The number of para-hydroxylation sites is 3. The first-order valence-corrected chi connectivity index (χ1v) is 14.1. The zero-order valence-electron chi connectivity index (χ0n) is 23.5. The van der Waals surface area contributed by atoms with Crippen LogP contribution in [0.5, 0.6) is 11.5 Å². The summed E-state index contributed by atoms with van der Waals surface area (Å²) in [4.78, 5) is 17.1. The smallest absolute Gasteiger partial charge is 0.257 e. The molecule has 0 aliphatic heterocycles. The topological polar surface area (TPSA) is 65.4 Å². The Morgan fingerprint density at radius 2 is 1.62 bits per heavy atom. The van der Waals surface area contributed by atoms with Gasteiger partial charge in [0.2, 0.25) is 0 Å². The van der Waals surface area contributed by atoms with Gasteiger partial charge in [-0.2, -0.15) is 0 Å². The Labute approximate surface area is 232 Å². The van der Waals surface area contributed by atoms with Crippen LogP contribution in [0.15, 0.2) is 66.7 Å². The van der Waals surface area contributed by atoms with E-state index in [2.05, 4.69) is 41.1 Å². The number of aromatic nitrogens is 2. The van der Waals surface area contributed by atoms with Crippen LogP contribution in [0, 0.1) is 20.8 Å². The van der Waals surface area contributed by atoms with Gasteiger partial charge in [-0.1, -0.05) is 48.9 Å². The molecule has 4 rings (SSSR count). The number of amides is 1. The first kappa shape index (κ1) is 28.2. The van der Waals surface area contributed by atoms with Crippen molar-refractivity contribution in [2.45, 2.75) is 65.8 Å². The number of nitrogens with one attached hydrogen (secondary N) is 1. The van der Waals surface area contributed by atoms with Crippen LogP contribution >= 0.6 is 0 Å². The van der Waals surface area contributed by atoms with Crippen molar-refractivity contribution >= 4 is 16.9 Å². The van der Waals surface area contributed by atoms with Crippen molar-refractivity contribution in [1.82, 2.24) is 14.9 Å². The fourth-order valence-electron chi connectivity index (χ4n) is 4.71. The monoisotopic (exact) mass is 527 g/mol. The van der Waals surface area contributed by atoms with Crippen molar-refractivity contribution in [3.8, 4) is 11.5 Å². The standard InChI is InChI=1S/C33H41N3O3/c1-25-18-19-27(3)31(23-25)39-24-33(37)34-20-10-4-5-17-32-35-28-14-7-8-15-29(28)36(32)21-11-12-22-38-30-16-9-6-13-26(30)2/h6-9,13-16,18-19,23H,4-5,10-12,17,20-22,24H2,1-3H3,(H,34,37). The highest BCUT2D eigenvalue weighted by Gasteiger charge is 2.10. The molecule has 6 heteroatoms. The predicted molar refractivity (Wildman–Crippen MR) is 158 cm³/mol. The lowest BCUT2D eigenvalue weighted by atomic mass is 10.1. The van der Waals surface area contributed by atoms with Crippen LogP contribution in [0.4, 0.5) is 0 Å². The van der Waals surface area contributed by atoms with E-state index in [4.69, 9.17) is 14.5 Å². The van der Waals surface area contributed by atoms with Gasteiger partial charge in [0.15, 0.2) is 6.61 Å². The SMILES string of the molecule is Cc1ccc(C)c(OCC(=O)NCCCCCc2nc3ccccc3n2CCCCOc2ccccc2C)c1. The van der Waals surface area contributed by atoms with E-state index in [0.29, 0.717) is 13.2 Å². The molecule has 1 N–H and O–H groups in total. The Kier molecular flexibility index (Phi) is 10.4. The molecule has 39 heavy (non-hydrogen) atoms. The van der Waals surface area contributed by atoms with Gasteiger partial charge >= 0.3 is 0 Å². The number of hydrogen-bond acceptors (Lipinski definition) is 4. The van der Waals surface area contributed by atoms with Crippen LogP contribution < -0.4 is 14.8 Å². The van der Waals surface area contributed by atoms with Gasteiger partial charge in [-0.25, -0.2) is 4.98 Å². The molecule has 0 aliphatic rings. The molecule has 0 aliphatic carbocycles. The summed E-state index contributed by atoms with van der Waals surface area (Å²) in [5.74, 6) is 2.80. The van der Waals surface area contributed by atoms with Crippen molar-refractivity contribution in [2.24, 2.45) is 0 Å². The Bertz CT molecular complexity index is 1360. The average Bonchev–Trinajstić information content (AvgIpc) is 3.29. The first-order chi connectivity index (χ1) is 19.0. The normalized spacial score (nSPS) is 11.1. The second-order valence-corrected chi connectivity index (χ2v) is 10.2. The molecule has 4 aromatic rings. The number of fused-ring (bicyclic) bond motifs is 1. The number of ether oxygens (including phenoxy) is 2. The van der Waals surface area contributed by atoms with Gasteiger partial charge in [0.25, 0.3) is 5.91 Å². The van der Waals surface area contributed by atoms with E-state index >= 15 is 0 Å². The maximum absolute atomic E-state index is 12.2. The number of rotatable bonds is 15. The molecular weight excluding hydrogens is 486 g/mol. The third-order valence-corrected chi connectivity index (χ3v) is 6.96. The Morgan fingerprint density at radius 1 is 0.821 bits per heavy atom. The highest BCUT2D eigenvalue weighted by Crippen LogP contribution is 2.21. The molecule has 206 valence electrons. The molecule has 0 atom stereocenters. The van der Waals surface area contributed by atoms with E-state index in [1.165, 1.54) is 11.1 Å². The van der Waals surface area contributed by atoms with E-state index in [-0.39, 0.29) is 12.5 Å². The second-order valence-electron chi connectivity index (χ2n) is 10.2. The summed E-state index contributed by atoms with van der Waals surface area (Å²) in [6, 6.07) is 22.6. The molecule has 0 unspecified atom stereocenters. The Balaban J connectivity index is 1.17. The van der Waals surface area contributed by atoms with Gasteiger partial charge in [0.1, 0.15) is 17.3 Å². The van der Waals surface area contributed by atoms with Gasteiger partial charge < -0.3 is 19.4 Å². The fourth-order valence-corrected chi connectivity index (χ4v) is 4.71. The fraction of sp³-hybridized carbons (Fsp3) is 0.394. The van der Waals surface area contributed by atoms with Gasteiger partial charge in [-0.05, 0) is 87.4 Å². The van der Waals surface area contributed by atoms with Crippen molar-refractivity contribution in [1.29, 1.82) is 0 Å². The zero-order valence-corrected chi connectivity index (χ0v) is 23.5. The van der Waals surface area contributed by atoms with Gasteiger partial charge in [-0.15, -0.1) is 0 Å². The third kappa shape index (κ3) is 8.34. The van der Waals surface area contributed by atoms with Crippen LogP contribution in [0.1, 0.15) is 54.6 Å².